The number of allylic oxidation sites excluding steroid dienone is 2. The maximum absolute atomic E-state index is 12.4. The number of carbonyl (C=O) groups excluding carboxylic acids is 4. The Morgan fingerprint density at radius 3 is 1.71 bits per heavy atom. The van der Waals surface area contributed by atoms with E-state index >= 15 is 0 Å². The van der Waals surface area contributed by atoms with Crippen LogP contribution in [0.25, 0.3) is 0 Å². The molecule has 12 heteroatoms. The lowest BCUT2D eigenvalue weighted by molar-refractivity contribution is -0.161. The van der Waals surface area contributed by atoms with Crippen molar-refractivity contribution in [1.82, 2.24) is 0 Å². The zero-order valence-electron chi connectivity index (χ0n) is 27.6. The van der Waals surface area contributed by atoms with Gasteiger partial charge in [0.1, 0.15) is 12.9 Å². The minimum atomic E-state index is -4.41. The number of ether oxygens (including phenoxy) is 2. The molecule has 0 aliphatic carbocycles. The van der Waals surface area contributed by atoms with E-state index in [0.29, 0.717) is 32.0 Å². The molecule has 0 aromatic heterocycles. The SMILES string of the molecule is CCCCCCCCCCCCCCCC(=O)OC[C@H](COP(=O)(O)OCCN)OC(=O)CCCCCCCC(=O)/C=C/C=O. The average Bonchev–Trinajstić information content (AvgIpc) is 3.02. The molecule has 0 bridgehead atoms. The highest BCUT2D eigenvalue weighted by Gasteiger charge is 2.25. The molecule has 2 atom stereocenters. The summed E-state index contributed by atoms with van der Waals surface area (Å²) in [4.78, 5) is 56.2. The molecule has 1 unspecified atom stereocenters. The fourth-order valence-electron chi connectivity index (χ4n) is 4.62. The van der Waals surface area contributed by atoms with Crippen LogP contribution in [0.15, 0.2) is 12.2 Å². The third kappa shape index (κ3) is 30.5. The van der Waals surface area contributed by atoms with Crippen molar-refractivity contribution in [3.63, 3.8) is 0 Å². The molecule has 0 fully saturated rings. The first-order valence-corrected chi connectivity index (χ1v) is 18.5. The van der Waals surface area contributed by atoms with Gasteiger partial charge in [-0.1, -0.05) is 103 Å². The molecule has 0 spiro atoms. The van der Waals surface area contributed by atoms with E-state index in [0.717, 1.165) is 38.5 Å². The molecule has 0 saturated heterocycles. The van der Waals surface area contributed by atoms with Gasteiger partial charge < -0.3 is 20.1 Å². The third-order valence-electron chi connectivity index (χ3n) is 7.17. The lowest BCUT2D eigenvalue weighted by atomic mass is 10.0. The van der Waals surface area contributed by atoms with Gasteiger partial charge >= 0.3 is 19.8 Å². The van der Waals surface area contributed by atoms with Crippen LogP contribution in [-0.2, 0) is 42.3 Å². The van der Waals surface area contributed by atoms with Gasteiger partial charge in [0, 0.05) is 25.8 Å². The first-order valence-electron chi connectivity index (χ1n) is 17.1. The topological polar surface area (TPSA) is 169 Å². The number of phosphoric ester groups is 1. The fourth-order valence-corrected chi connectivity index (χ4v) is 5.38. The number of hydrogen-bond donors (Lipinski definition) is 2. The number of rotatable bonds is 33. The predicted molar refractivity (Wildman–Crippen MR) is 174 cm³/mol. The summed E-state index contributed by atoms with van der Waals surface area (Å²) < 4.78 is 32.3. The summed E-state index contributed by atoms with van der Waals surface area (Å²) in [6.45, 7) is 1.29. The average molecular weight is 662 g/mol. The van der Waals surface area contributed by atoms with Crippen LogP contribution < -0.4 is 5.73 Å². The number of nitrogens with two attached hydrogens (primary N) is 1. The normalized spacial score (nSPS) is 13.4. The summed E-state index contributed by atoms with van der Waals surface area (Å²) in [5, 5.41) is 0. The Morgan fingerprint density at radius 1 is 0.711 bits per heavy atom. The second-order valence-electron chi connectivity index (χ2n) is 11.4. The van der Waals surface area contributed by atoms with Gasteiger partial charge in [-0.05, 0) is 31.4 Å². The Kier molecular flexibility index (Phi) is 29.4. The quantitative estimate of drug-likeness (QED) is 0.0243. The monoisotopic (exact) mass is 661 g/mol. The largest absolute Gasteiger partial charge is 0.472 e. The molecule has 0 radical (unpaired) electrons. The molecule has 0 aliphatic rings. The van der Waals surface area contributed by atoms with Crippen LogP contribution >= 0.6 is 7.82 Å². The van der Waals surface area contributed by atoms with Crippen molar-refractivity contribution in [1.29, 1.82) is 0 Å². The standard InChI is InChI=1S/C33H60NO10P/c1-2-3-4-5-6-7-8-9-10-11-12-15-18-23-32(37)41-28-31(29-43-45(39,40)42-27-25-34)44-33(38)24-19-16-13-14-17-21-30(36)22-20-26-35/h20,22,26,31H,2-19,21,23-25,27-29,34H2,1H3,(H,39,40)/b22-20+/t31-/m1/s1. The summed E-state index contributed by atoms with van der Waals surface area (Å²) >= 11 is 0. The summed E-state index contributed by atoms with van der Waals surface area (Å²) in [6, 6.07) is 0. The highest BCUT2D eigenvalue weighted by molar-refractivity contribution is 7.47. The Labute approximate surface area is 271 Å². The van der Waals surface area contributed by atoms with Gasteiger partial charge in [-0.15, -0.1) is 0 Å². The Hall–Kier alpha value is -1.91. The van der Waals surface area contributed by atoms with Crippen molar-refractivity contribution >= 4 is 31.8 Å². The number of esters is 2. The molecule has 3 N–H and O–H groups in total. The minimum absolute atomic E-state index is 0.0245. The van der Waals surface area contributed by atoms with E-state index in [4.69, 9.17) is 24.3 Å². The van der Waals surface area contributed by atoms with Gasteiger partial charge in [0.05, 0.1) is 13.2 Å². The van der Waals surface area contributed by atoms with Crippen molar-refractivity contribution in [3.05, 3.63) is 12.2 Å². The van der Waals surface area contributed by atoms with Crippen LogP contribution in [0.1, 0.15) is 142 Å². The van der Waals surface area contributed by atoms with E-state index in [1.807, 2.05) is 0 Å². The maximum Gasteiger partial charge on any atom is 0.472 e. The number of ketones is 1. The van der Waals surface area contributed by atoms with E-state index in [1.165, 1.54) is 69.9 Å². The summed E-state index contributed by atoms with van der Waals surface area (Å²) in [6.07, 6.45) is 22.0. The zero-order valence-corrected chi connectivity index (χ0v) is 28.5. The highest BCUT2D eigenvalue weighted by Crippen LogP contribution is 2.43. The lowest BCUT2D eigenvalue weighted by Gasteiger charge is -2.19. The second-order valence-corrected chi connectivity index (χ2v) is 12.9. The van der Waals surface area contributed by atoms with Crippen LogP contribution in [0.5, 0.6) is 0 Å². The molecule has 11 nitrogen and oxygen atoms in total. The maximum atomic E-state index is 12.4. The first kappa shape index (κ1) is 43.1. The summed E-state index contributed by atoms with van der Waals surface area (Å²) in [5.74, 6) is -1.06. The van der Waals surface area contributed by atoms with E-state index < -0.39 is 32.5 Å². The zero-order chi connectivity index (χ0) is 33.4. The molecule has 0 rings (SSSR count). The molecule has 0 amide bonds. The molecule has 262 valence electrons. The van der Waals surface area contributed by atoms with Crippen molar-refractivity contribution in [2.45, 2.75) is 148 Å². The minimum Gasteiger partial charge on any atom is -0.462 e. The summed E-state index contributed by atoms with van der Waals surface area (Å²) in [5.41, 5.74) is 5.29. The van der Waals surface area contributed by atoms with Crippen molar-refractivity contribution < 1.29 is 47.2 Å². The van der Waals surface area contributed by atoms with E-state index in [-0.39, 0.29) is 38.4 Å². The van der Waals surface area contributed by atoms with Gasteiger partial charge in [-0.25, -0.2) is 4.57 Å². The van der Waals surface area contributed by atoms with E-state index in [1.54, 1.807) is 0 Å². The number of hydrogen-bond acceptors (Lipinski definition) is 10. The molecule has 0 saturated carbocycles. The first-order chi connectivity index (χ1) is 21.7. The highest BCUT2D eigenvalue weighted by atomic mass is 31.2. The van der Waals surface area contributed by atoms with Gasteiger partial charge in [-0.2, -0.15) is 0 Å². The van der Waals surface area contributed by atoms with Crippen LogP contribution in [-0.4, -0.2) is 61.4 Å². The van der Waals surface area contributed by atoms with Crippen molar-refractivity contribution in [2.24, 2.45) is 5.73 Å². The van der Waals surface area contributed by atoms with Crippen LogP contribution in [0, 0.1) is 0 Å². The summed E-state index contributed by atoms with van der Waals surface area (Å²) in [7, 11) is -4.41. The van der Waals surface area contributed by atoms with Crippen LogP contribution in [0.4, 0.5) is 0 Å². The smallest absolute Gasteiger partial charge is 0.462 e. The van der Waals surface area contributed by atoms with Crippen molar-refractivity contribution in [3.8, 4) is 0 Å². The van der Waals surface area contributed by atoms with Gasteiger partial charge in [0.25, 0.3) is 0 Å². The lowest BCUT2D eigenvalue weighted by Crippen LogP contribution is -2.29. The van der Waals surface area contributed by atoms with Crippen LogP contribution in [0.3, 0.4) is 0 Å². The fraction of sp³-hybridized carbons (Fsp3) is 0.818. The van der Waals surface area contributed by atoms with Crippen molar-refractivity contribution in [2.75, 3.05) is 26.4 Å². The molecular formula is C33H60NO10P. The van der Waals surface area contributed by atoms with E-state index in [9.17, 15) is 28.6 Å². The van der Waals surface area contributed by atoms with Crippen LogP contribution in [0.2, 0.25) is 0 Å². The number of aldehydes is 1. The third-order valence-corrected chi connectivity index (χ3v) is 8.16. The predicted octanol–water partition coefficient (Wildman–Crippen LogP) is 7.07. The molecule has 45 heavy (non-hydrogen) atoms. The Balaban J connectivity index is 4.29. The van der Waals surface area contributed by atoms with Gasteiger partial charge in [0.2, 0.25) is 0 Å². The number of unbranched alkanes of at least 4 members (excludes halogenated alkanes) is 16. The molecular weight excluding hydrogens is 601 g/mol. The van der Waals surface area contributed by atoms with Gasteiger partial charge in [-0.3, -0.25) is 28.2 Å². The Bertz CT molecular complexity index is 851. The second kappa shape index (κ2) is 30.7. The number of carbonyl (C=O) groups is 4. The Morgan fingerprint density at radius 2 is 1.20 bits per heavy atom. The number of phosphoric acid groups is 1. The molecule has 0 aliphatic heterocycles. The molecule has 0 aromatic carbocycles. The van der Waals surface area contributed by atoms with Gasteiger partial charge in [0.15, 0.2) is 11.9 Å². The van der Waals surface area contributed by atoms with E-state index in [2.05, 4.69) is 6.92 Å². The molecule has 0 heterocycles. The molecule has 0 aromatic rings.